The molecule has 1 atom stereocenters. The Morgan fingerprint density at radius 2 is 2.22 bits per heavy atom. The maximum atomic E-state index is 12.9. The smallest absolute Gasteiger partial charge is 0.141 e. The summed E-state index contributed by atoms with van der Waals surface area (Å²) >= 11 is 0. The number of hydrogen-bond acceptors (Lipinski definition) is 3. The number of pyridine rings is 1. The molecule has 0 fully saturated rings. The number of aromatic nitrogens is 1. The van der Waals surface area contributed by atoms with Gasteiger partial charge in [0.15, 0.2) is 0 Å². The van der Waals surface area contributed by atoms with Crippen LogP contribution in [-0.2, 0) is 4.74 Å². The van der Waals surface area contributed by atoms with E-state index in [0.29, 0.717) is 6.04 Å². The molecule has 1 unspecified atom stereocenters. The van der Waals surface area contributed by atoms with Crippen molar-refractivity contribution in [1.82, 2.24) is 10.3 Å². The lowest BCUT2D eigenvalue weighted by molar-refractivity contribution is 0.218. The largest absolute Gasteiger partial charge is 0.501 e. The average molecular weight is 250 g/mol. The lowest BCUT2D eigenvalue weighted by Gasteiger charge is -2.25. The Balaban J connectivity index is 2.23. The maximum absolute atomic E-state index is 12.9. The second-order valence-electron chi connectivity index (χ2n) is 4.82. The van der Waals surface area contributed by atoms with E-state index in [1.807, 2.05) is 6.26 Å². The highest BCUT2D eigenvalue weighted by Crippen LogP contribution is 2.27. The molecule has 0 bridgehead atoms. The van der Waals surface area contributed by atoms with Crippen LogP contribution in [0.4, 0.5) is 4.39 Å². The van der Waals surface area contributed by atoms with Crippen molar-refractivity contribution in [1.29, 1.82) is 0 Å². The molecule has 98 valence electrons. The lowest BCUT2D eigenvalue weighted by Crippen LogP contribution is -2.31. The van der Waals surface area contributed by atoms with E-state index in [2.05, 4.69) is 24.1 Å². The van der Waals surface area contributed by atoms with Crippen LogP contribution in [-0.4, -0.2) is 17.6 Å². The SMILES string of the molecule is CC(C)NC(C1=COCCC1)c1ccc(F)cn1. The van der Waals surface area contributed by atoms with Crippen molar-refractivity contribution >= 4 is 0 Å². The Bertz CT molecular complexity index is 414. The van der Waals surface area contributed by atoms with Crippen molar-refractivity contribution in [2.75, 3.05) is 6.61 Å². The van der Waals surface area contributed by atoms with Crippen molar-refractivity contribution in [3.63, 3.8) is 0 Å². The molecule has 0 saturated carbocycles. The molecule has 1 aromatic heterocycles. The minimum Gasteiger partial charge on any atom is -0.501 e. The summed E-state index contributed by atoms with van der Waals surface area (Å²) in [5, 5.41) is 3.45. The summed E-state index contributed by atoms with van der Waals surface area (Å²) < 4.78 is 18.3. The number of hydrogen-bond donors (Lipinski definition) is 1. The van der Waals surface area contributed by atoms with Gasteiger partial charge in [-0.15, -0.1) is 0 Å². The van der Waals surface area contributed by atoms with Crippen LogP contribution >= 0.6 is 0 Å². The molecule has 2 heterocycles. The molecule has 1 aliphatic heterocycles. The monoisotopic (exact) mass is 250 g/mol. The summed E-state index contributed by atoms with van der Waals surface area (Å²) in [5.74, 6) is -0.309. The zero-order valence-electron chi connectivity index (χ0n) is 10.8. The van der Waals surface area contributed by atoms with Gasteiger partial charge in [-0.25, -0.2) is 4.39 Å². The first-order valence-electron chi connectivity index (χ1n) is 6.35. The van der Waals surface area contributed by atoms with E-state index in [-0.39, 0.29) is 11.9 Å². The second-order valence-corrected chi connectivity index (χ2v) is 4.82. The van der Waals surface area contributed by atoms with Crippen LogP contribution in [0.2, 0.25) is 0 Å². The zero-order valence-corrected chi connectivity index (χ0v) is 10.8. The number of halogens is 1. The Hall–Kier alpha value is -1.42. The zero-order chi connectivity index (χ0) is 13.0. The Morgan fingerprint density at radius 1 is 1.39 bits per heavy atom. The summed E-state index contributed by atoms with van der Waals surface area (Å²) in [7, 11) is 0. The standard InChI is InChI=1S/C14H19FN2O/c1-10(2)17-14(11-4-3-7-18-9-11)13-6-5-12(15)8-16-13/h5-6,8-10,14,17H,3-4,7H2,1-2H3. The van der Waals surface area contributed by atoms with Crippen LogP contribution < -0.4 is 5.32 Å². The van der Waals surface area contributed by atoms with Gasteiger partial charge in [-0.3, -0.25) is 4.98 Å². The summed E-state index contributed by atoms with van der Waals surface area (Å²) in [6.07, 6.45) is 5.08. The topological polar surface area (TPSA) is 34.1 Å². The molecule has 18 heavy (non-hydrogen) atoms. The van der Waals surface area contributed by atoms with Gasteiger partial charge in [0.1, 0.15) is 5.82 Å². The molecule has 0 aromatic carbocycles. The lowest BCUT2D eigenvalue weighted by atomic mass is 9.98. The maximum Gasteiger partial charge on any atom is 0.141 e. The van der Waals surface area contributed by atoms with E-state index in [4.69, 9.17) is 4.74 Å². The van der Waals surface area contributed by atoms with Gasteiger partial charge >= 0.3 is 0 Å². The predicted molar refractivity (Wildman–Crippen MR) is 68.5 cm³/mol. The Kier molecular flexibility index (Phi) is 4.31. The molecule has 4 heteroatoms. The second kappa shape index (κ2) is 5.96. The van der Waals surface area contributed by atoms with Gasteiger partial charge in [-0.05, 0) is 44.4 Å². The van der Waals surface area contributed by atoms with Crippen LogP contribution in [0, 0.1) is 5.82 Å². The summed E-state index contributed by atoms with van der Waals surface area (Å²) in [6, 6.07) is 3.50. The van der Waals surface area contributed by atoms with E-state index >= 15 is 0 Å². The number of ether oxygens (including phenoxy) is 1. The normalized spacial score (nSPS) is 17.2. The highest BCUT2D eigenvalue weighted by Gasteiger charge is 2.20. The third-order valence-electron chi connectivity index (χ3n) is 2.88. The molecule has 1 aliphatic rings. The minimum absolute atomic E-state index is 0.00546. The molecular weight excluding hydrogens is 231 g/mol. The van der Waals surface area contributed by atoms with E-state index in [1.54, 1.807) is 6.07 Å². The molecule has 0 spiro atoms. The molecule has 3 nitrogen and oxygen atoms in total. The summed E-state index contributed by atoms with van der Waals surface area (Å²) in [4.78, 5) is 4.17. The first-order chi connectivity index (χ1) is 8.66. The van der Waals surface area contributed by atoms with Crippen molar-refractivity contribution in [3.8, 4) is 0 Å². The first kappa shape index (κ1) is 13.0. The fourth-order valence-electron chi connectivity index (χ4n) is 2.07. The van der Waals surface area contributed by atoms with E-state index < -0.39 is 0 Å². The van der Waals surface area contributed by atoms with E-state index in [0.717, 1.165) is 25.1 Å². The third kappa shape index (κ3) is 3.29. The fraction of sp³-hybridized carbons (Fsp3) is 0.500. The quantitative estimate of drug-likeness (QED) is 0.892. The number of nitrogens with one attached hydrogen (secondary N) is 1. The number of nitrogens with zero attached hydrogens (tertiary/aromatic N) is 1. The fourth-order valence-corrected chi connectivity index (χ4v) is 2.07. The van der Waals surface area contributed by atoms with Crippen molar-refractivity contribution in [2.24, 2.45) is 0 Å². The molecule has 0 aliphatic carbocycles. The summed E-state index contributed by atoms with van der Waals surface area (Å²) in [6.45, 7) is 4.94. The van der Waals surface area contributed by atoms with Crippen LogP contribution in [0.25, 0.3) is 0 Å². The minimum atomic E-state index is -0.309. The highest BCUT2D eigenvalue weighted by atomic mass is 19.1. The van der Waals surface area contributed by atoms with Crippen molar-refractivity contribution < 1.29 is 9.13 Å². The van der Waals surface area contributed by atoms with Gasteiger partial charge in [-0.1, -0.05) is 0 Å². The molecule has 2 rings (SSSR count). The van der Waals surface area contributed by atoms with Crippen molar-refractivity contribution in [3.05, 3.63) is 41.7 Å². The predicted octanol–water partition coefficient (Wildman–Crippen LogP) is 2.95. The van der Waals surface area contributed by atoms with Crippen LogP contribution in [0.3, 0.4) is 0 Å². The van der Waals surface area contributed by atoms with Crippen LogP contribution in [0.15, 0.2) is 30.2 Å². The van der Waals surface area contributed by atoms with Gasteiger partial charge < -0.3 is 10.1 Å². The molecule has 1 aromatic rings. The van der Waals surface area contributed by atoms with Crippen LogP contribution in [0.5, 0.6) is 0 Å². The summed E-state index contributed by atoms with van der Waals surface area (Å²) in [5.41, 5.74) is 2.01. The highest BCUT2D eigenvalue weighted by molar-refractivity contribution is 5.22. The van der Waals surface area contributed by atoms with Gasteiger partial charge in [0.05, 0.1) is 30.8 Å². The molecule has 1 N–H and O–H groups in total. The van der Waals surface area contributed by atoms with Gasteiger partial charge in [0.2, 0.25) is 0 Å². The van der Waals surface area contributed by atoms with Crippen molar-refractivity contribution in [2.45, 2.75) is 38.8 Å². The third-order valence-corrected chi connectivity index (χ3v) is 2.88. The molecule has 0 saturated heterocycles. The van der Waals surface area contributed by atoms with Gasteiger partial charge in [0.25, 0.3) is 0 Å². The molecule has 0 amide bonds. The molecular formula is C14H19FN2O. The molecule has 0 radical (unpaired) electrons. The van der Waals surface area contributed by atoms with Gasteiger partial charge in [0, 0.05) is 6.04 Å². The number of rotatable bonds is 4. The van der Waals surface area contributed by atoms with Crippen LogP contribution in [0.1, 0.15) is 38.4 Å². The Morgan fingerprint density at radius 3 is 2.78 bits per heavy atom. The van der Waals surface area contributed by atoms with Gasteiger partial charge in [-0.2, -0.15) is 0 Å². The Labute approximate surface area is 107 Å². The first-order valence-corrected chi connectivity index (χ1v) is 6.35. The van der Waals surface area contributed by atoms with E-state index in [9.17, 15) is 4.39 Å². The van der Waals surface area contributed by atoms with E-state index in [1.165, 1.54) is 17.8 Å². The average Bonchev–Trinajstić information content (AvgIpc) is 2.38.